The summed E-state index contributed by atoms with van der Waals surface area (Å²) < 4.78 is 17.0. The van der Waals surface area contributed by atoms with E-state index in [4.69, 9.17) is 14.2 Å². The Morgan fingerprint density at radius 3 is 3.06 bits per heavy atom. The molecule has 0 amide bonds. The number of esters is 1. The minimum Gasteiger partial charge on any atom is -0.465 e. The van der Waals surface area contributed by atoms with E-state index < -0.39 is 0 Å². The lowest BCUT2D eigenvalue weighted by Gasteiger charge is -2.33. The summed E-state index contributed by atoms with van der Waals surface area (Å²) in [4.78, 5) is 11.3. The number of cyclic esters (lactones) is 1. The molecule has 2 bridgehead atoms. The summed E-state index contributed by atoms with van der Waals surface area (Å²) >= 11 is 0. The van der Waals surface area contributed by atoms with Crippen LogP contribution in [-0.2, 0) is 19.0 Å². The maximum absolute atomic E-state index is 11.3. The molecule has 3 saturated heterocycles. The molecule has 3 heterocycles. The average Bonchev–Trinajstić information content (AvgIpc) is 2.94. The Hall–Kier alpha value is -0.610. The highest BCUT2D eigenvalue weighted by atomic mass is 16.6. The van der Waals surface area contributed by atoms with Crippen molar-refractivity contribution in [2.45, 2.75) is 57.3 Å². The van der Waals surface area contributed by atoms with Gasteiger partial charge in [0, 0.05) is 18.4 Å². The fraction of sp³-hybridized carbons (Fsp3) is 0.923. The molecular weight excluding hydrogens is 220 g/mol. The molecule has 4 nitrogen and oxygen atoms in total. The fourth-order valence-corrected chi connectivity index (χ4v) is 3.43. The van der Waals surface area contributed by atoms with E-state index in [1.54, 1.807) is 0 Å². The summed E-state index contributed by atoms with van der Waals surface area (Å²) in [5.74, 6) is -0.0755. The van der Waals surface area contributed by atoms with Crippen molar-refractivity contribution >= 4 is 5.97 Å². The molecule has 0 aliphatic carbocycles. The molecule has 3 fully saturated rings. The molecule has 3 rings (SSSR count). The molecule has 4 heteroatoms. The molecule has 17 heavy (non-hydrogen) atoms. The zero-order valence-corrected chi connectivity index (χ0v) is 10.3. The second-order valence-corrected chi connectivity index (χ2v) is 5.58. The number of hydrogen-bond acceptors (Lipinski definition) is 4. The number of carbonyl (C=O) groups is 1. The van der Waals surface area contributed by atoms with Gasteiger partial charge >= 0.3 is 5.97 Å². The highest BCUT2D eigenvalue weighted by Gasteiger charge is 2.61. The smallest absolute Gasteiger partial charge is 0.306 e. The Morgan fingerprint density at radius 1 is 1.53 bits per heavy atom. The summed E-state index contributed by atoms with van der Waals surface area (Å²) in [5.41, 5.74) is -0.0725. The van der Waals surface area contributed by atoms with Gasteiger partial charge in [-0.05, 0) is 12.8 Å². The third kappa shape index (κ3) is 1.87. The first-order chi connectivity index (χ1) is 8.23. The van der Waals surface area contributed by atoms with Gasteiger partial charge in [-0.25, -0.2) is 0 Å². The quantitative estimate of drug-likeness (QED) is 0.554. The van der Waals surface area contributed by atoms with Gasteiger partial charge in [-0.2, -0.15) is 0 Å². The van der Waals surface area contributed by atoms with Gasteiger partial charge in [-0.1, -0.05) is 13.3 Å². The average molecular weight is 240 g/mol. The minimum atomic E-state index is -0.0755. The van der Waals surface area contributed by atoms with Crippen LogP contribution in [0.5, 0.6) is 0 Å². The van der Waals surface area contributed by atoms with Crippen LogP contribution in [-0.4, -0.2) is 37.5 Å². The van der Waals surface area contributed by atoms with E-state index in [2.05, 4.69) is 6.92 Å². The summed E-state index contributed by atoms with van der Waals surface area (Å²) in [6.45, 7) is 3.49. The SMILES string of the molecule is CCCCOC1CC2CC3(COC(=O)C3)C1O2. The predicted molar refractivity (Wildman–Crippen MR) is 60.6 cm³/mol. The first kappa shape index (κ1) is 11.5. The van der Waals surface area contributed by atoms with Crippen molar-refractivity contribution in [2.75, 3.05) is 13.2 Å². The maximum Gasteiger partial charge on any atom is 0.306 e. The van der Waals surface area contributed by atoms with Crippen molar-refractivity contribution in [3.05, 3.63) is 0 Å². The minimum absolute atomic E-state index is 0.0725. The van der Waals surface area contributed by atoms with Crippen LogP contribution >= 0.6 is 0 Å². The van der Waals surface area contributed by atoms with E-state index in [1.807, 2.05) is 0 Å². The fourth-order valence-electron chi connectivity index (χ4n) is 3.43. The molecule has 0 saturated carbocycles. The van der Waals surface area contributed by atoms with Crippen LogP contribution in [0.2, 0.25) is 0 Å². The summed E-state index contributed by atoms with van der Waals surface area (Å²) in [5, 5.41) is 0. The zero-order valence-electron chi connectivity index (χ0n) is 10.3. The van der Waals surface area contributed by atoms with Crippen molar-refractivity contribution in [1.82, 2.24) is 0 Å². The second-order valence-electron chi connectivity index (χ2n) is 5.58. The molecule has 96 valence electrons. The first-order valence-electron chi connectivity index (χ1n) is 6.66. The molecule has 4 unspecified atom stereocenters. The molecule has 1 spiro atoms. The maximum atomic E-state index is 11.3. The van der Waals surface area contributed by atoms with Crippen molar-refractivity contribution in [3.8, 4) is 0 Å². The Morgan fingerprint density at radius 2 is 2.41 bits per heavy atom. The highest BCUT2D eigenvalue weighted by Crippen LogP contribution is 2.53. The lowest BCUT2D eigenvalue weighted by molar-refractivity contribution is -0.137. The van der Waals surface area contributed by atoms with Crippen LogP contribution in [0.25, 0.3) is 0 Å². The molecule has 0 aromatic heterocycles. The van der Waals surface area contributed by atoms with Gasteiger partial charge in [0.15, 0.2) is 0 Å². The summed E-state index contributed by atoms with van der Waals surface area (Å²) in [6, 6.07) is 0. The molecular formula is C13H20O4. The van der Waals surface area contributed by atoms with Gasteiger partial charge in [0.05, 0.1) is 24.7 Å². The van der Waals surface area contributed by atoms with E-state index in [0.29, 0.717) is 13.0 Å². The third-order valence-corrected chi connectivity index (χ3v) is 4.26. The highest BCUT2D eigenvalue weighted by molar-refractivity contribution is 5.72. The van der Waals surface area contributed by atoms with Crippen molar-refractivity contribution in [2.24, 2.45) is 5.41 Å². The van der Waals surface area contributed by atoms with Gasteiger partial charge in [-0.15, -0.1) is 0 Å². The molecule has 0 aromatic rings. The van der Waals surface area contributed by atoms with E-state index in [1.165, 1.54) is 0 Å². The van der Waals surface area contributed by atoms with E-state index in [-0.39, 0.29) is 29.7 Å². The second kappa shape index (κ2) is 4.25. The number of ether oxygens (including phenoxy) is 3. The summed E-state index contributed by atoms with van der Waals surface area (Å²) in [6.07, 6.45) is 5.25. The molecule has 0 N–H and O–H groups in total. The van der Waals surface area contributed by atoms with Gasteiger partial charge in [0.1, 0.15) is 6.61 Å². The van der Waals surface area contributed by atoms with Crippen LogP contribution in [0.15, 0.2) is 0 Å². The normalized spacial score (nSPS) is 43.6. The molecule has 3 aliphatic heterocycles. The zero-order chi connectivity index (χ0) is 11.9. The van der Waals surface area contributed by atoms with Gasteiger partial charge < -0.3 is 14.2 Å². The lowest BCUT2D eigenvalue weighted by atomic mass is 9.72. The third-order valence-electron chi connectivity index (χ3n) is 4.26. The molecule has 0 radical (unpaired) electrons. The standard InChI is InChI=1S/C13H20O4/c1-2-3-4-15-10-5-9-6-13(12(10)17-9)7-11(14)16-8-13/h9-10,12H,2-8H2,1H3. The van der Waals surface area contributed by atoms with Gasteiger partial charge in [-0.3, -0.25) is 4.79 Å². The van der Waals surface area contributed by atoms with Gasteiger partial charge in [0.25, 0.3) is 0 Å². The van der Waals surface area contributed by atoms with E-state index >= 15 is 0 Å². The predicted octanol–water partition coefficient (Wildman–Crippen LogP) is 1.67. The number of carbonyl (C=O) groups excluding carboxylic acids is 1. The van der Waals surface area contributed by atoms with Crippen LogP contribution in [0.1, 0.15) is 39.0 Å². The van der Waals surface area contributed by atoms with E-state index in [9.17, 15) is 4.79 Å². The van der Waals surface area contributed by atoms with Crippen LogP contribution in [0.4, 0.5) is 0 Å². The van der Waals surface area contributed by atoms with Crippen LogP contribution in [0, 0.1) is 5.41 Å². The summed E-state index contributed by atoms with van der Waals surface area (Å²) in [7, 11) is 0. The van der Waals surface area contributed by atoms with Crippen molar-refractivity contribution in [1.29, 1.82) is 0 Å². The van der Waals surface area contributed by atoms with Crippen LogP contribution in [0.3, 0.4) is 0 Å². The number of hydrogen-bond donors (Lipinski definition) is 0. The Balaban J connectivity index is 1.64. The number of unbranched alkanes of at least 4 members (excludes halogenated alkanes) is 1. The lowest BCUT2D eigenvalue weighted by Crippen LogP contribution is -2.43. The van der Waals surface area contributed by atoms with E-state index in [0.717, 1.165) is 32.3 Å². The topological polar surface area (TPSA) is 44.8 Å². The molecule has 4 atom stereocenters. The molecule has 3 aliphatic rings. The first-order valence-corrected chi connectivity index (χ1v) is 6.66. The van der Waals surface area contributed by atoms with Crippen LogP contribution < -0.4 is 0 Å². The van der Waals surface area contributed by atoms with Crippen molar-refractivity contribution in [3.63, 3.8) is 0 Å². The Labute approximate surface area is 102 Å². The number of rotatable bonds is 4. The molecule has 0 aromatic carbocycles. The largest absolute Gasteiger partial charge is 0.465 e. The Kier molecular flexibility index (Phi) is 2.87. The monoisotopic (exact) mass is 240 g/mol. The van der Waals surface area contributed by atoms with Crippen molar-refractivity contribution < 1.29 is 19.0 Å². The Bertz CT molecular complexity index is 317. The van der Waals surface area contributed by atoms with Gasteiger partial charge in [0.2, 0.25) is 0 Å². The number of fused-ring (bicyclic) bond motifs is 3.